The zero-order valence-corrected chi connectivity index (χ0v) is 6.58. The van der Waals surface area contributed by atoms with Gasteiger partial charge in [0, 0.05) is 6.20 Å². The van der Waals surface area contributed by atoms with Gasteiger partial charge in [-0.25, -0.2) is 0 Å². The molecule has 1 aromatic rings. The zero-order valence-electron chi connectivity index (χ0n) is 6.58. The summed E-state index contributed by atoms with van der Waals surface area (Å²) in [7, 11) is 0. The van der Waals surface area contributed by atoms with Gasteiger partial charge in [0.25, 0.3) is 0 Å². The molecular weight excluding hydrogens is 185 g/mol. The van der Waals surface area contributed by atoms with Gasteiger partial charge < -0.3 is 4.74 Å². The Morgan fingerprint density at radius 1 is 1.54 bits per heavy atom. The molecule has 0 aromatic carbocycles. The summed E-state index contributed by atoms with van der Waals surface area (Å²) in [4.78, 5) is 0. The average Bonchev–Trinajstić information content (AvgIpc) is 2.47. The second-order valence-corrected chi connectivity index (χ2v) is 2.85. The SMILES string of the molecule is FC(F)(F)C1Cn2nccc2CO1. The van der Waals surface area contributed by atoms with Crippen LogP contribution in [-0.2, 0) is 17.9 Å². The summed E-state index contributed by atoms with van der Waals surface area (Å²) >= 11 is 0. The van der Waals surface area contributed by atoms with Gasteiger partial charge in [-0.2, -0.15) is 18.3 Å². The van der Waals surface area contributed by atoms with Crippen molar-refractivity contribution in [2.24, 2.45) is 0 Å². The maximum atomic E-state index is 12.2. The topological polar surface area (TPSA) is 27.1 Å². The van der Waals surface area contributed by atoms with Crippen LogP contribution in [0.1, 0.15) is 5.69 Å². The Morgan fingerprint density at radius 3 is 3.00 bits per heavy atom. The molecule has 3 nitrogen and oxygen atoms in total. The third-order valence-corrected chi connectivity index (χ3v) is 1.94. The molecule has 6 heteroatoms. The number of hydrogen-bond acceptors (Lipinski definition) is 2. The molecule has 1 aliphatic rings. The third-order valence-electron chi connectivity index (χ3n) is 1.94. The van der Waals surface area contributed by atoms with E-state index in [1.54, 1.807) is 6.07 Å². The number of halogens is 3. The maximum absolute atomic E-state index is 12.2. The van der Waals surface area contributed by atoms with E-state index in [1.807, 2.05) is 0 Å². The van der Waals surface area contributed by atoms with Crippen molar-refractivity contribution in [2.45, 2.75) is 25.4 Å². The molecule has 0 saturated carbocycles. The number of nitrogens with zero attached hydrogens (tertiary/aromatic N) is 2. The van der Waals surface area contributed by atoms with Crippen molar-refractivity contribution in [1.82, 2.24) is 9.78 Å². The molecule has 0 radical (unpaired) electrons. The summed E-state index contributed by atoms with van der Waals surface area (Å²) in [5.41, 5.74) is 0.681. The molecule has 0 N–H and O–H groups in total. The molecule has 0 aliphatic carbocycles. The lowest BCUT2D eigenvalue weighted by molar-refractivity contribution is -0.234. The molecule has 0 spiro atoms. The first-order valence-corrected chi connectivity index (χ1v) is 3.76. The predicted octanol–water partition coefficient (Wildman–Crippen LogP) is 1.34. The first kappa shape index (κ1) is 8.55. The Labute approximate surface area is 72.1 Å². The standard InChI is InChI=1S/C7H7F3N2O/c8-7(9,10)6-3-12-5(4-13-6)1-2-11-12/h1-2,6H,3-4H2. The first-order chi connectivity index (χ1) is 6.07. The van der Waals surface area contributed by atoms with Gasteiger partial charge >= 0.3 is 6.18 Å². The molecule has 1 atom stereocenters. The predicted molar refractivity (Wildman–Crippen MR) is 36.9 cm³/mol. The molecular formula is C7H7F3N2O. The summed E-state index contributed by atoms with van der Waals surface area (Å²) in [5.74, 6) is 0. The van der Waals surface area contributed by atoms with E-state index in [0.717, 1.165) is 0 Å². The van der Waals surface area contributed by atoms with E-state index in [-0.39, 0.29) is 13.2 Å². The smallest absolute Gasteiger partial charge is 0.361 e. The van der Waals surface area contributed by atoms with Crippen LogP contribution in [-0.4, -0.2) is 22.1 Å². The van der Waals surface area contributed by atoms with Crippen LogP contribution in [0.15, 0.2) is 12.3 Å². The zero-order chi connectivity index (χ0) is 9.47. The number of fused-ring (bicyclic) bond motifs is 1. The molecule has 0 bridgehead atoms. The minimum atomic E-state index is -4.30. The Hall–Kier alpha value is -1.04. The van der Waals surface area contributed by atoms with Gasteiger partial charge in [0.2, 0.25) is 0 Å². The van der Waals surface area contributed by atoms with Gasteiger partial charge in [-0.3, -0.25) is 4.68 Å². The Bertz CT molecular complexity index is 307. The molecule has 2 rings (SSSR count). The molecule has 72 valence electrons. The minimum absolute atomic E-state index is 0.0236. The summed E-state index contributed by atoms with van der Waals surface area (Å²) in [6.07, 6.45) is -4.55. The largest absolute Gasteiger partial charge is 0.416 e. The van der Waals surface area contributed by atoms with Crippen LogP contribution < -0.4 is 0 Å². The molecule has 1 aliphatic heterocycles. The summed E-state index contributed by atoms with van der Waals surface area (Å²) in [6.45, 7) is -0.268. The normalized spacial score (nSPS) is 22.8. The molecule has 1 unspecified atom stereocenters. The lowest BCUT2D eigenvalue weighted by Gasteiger charge is -2.25. The van der Waals surface area contributed by atoms with Gasteiger partial charge in [0.1, 0.15) is 0 Å². The van der Waals surface area contributed by atoms with Crippen molar-refractivity contribution < 1.29 is 17.9 Å². The van der Waals surface area contributed by atoms with Gasteiger partial charge in [-0.1, -0.05) is 0 Å². The molecule has 0 amide bonds. The lowest BCUT2D eigenvalue weighted by Crippen LogP contribution is -2.39. The molecule has 0 fully saturated rings. The van der Waals surface area contributed by atoms with E-state index in [4.69, 9.17) is 0 Å². The van der Waals surface area contributed by atoms with Crippen LogP contribution in [0.25, 0.3) is 0 Å². The molecule has 0 saturated heterocycles. The van der Waals surface area contributed by atoms with E-state index < -0.39 is 12.3 Å². The van der Waals surface area contributed by atoms with Crippen molar-refractivity contribution in [2.75, 3.05) is 0 Å². The fourth-order valence-electron chi connectivity index (χ4n) is 1.24. The maximum Gasteiger partial charge on any atom is 0.416 e. The number of alkyl halides is 3. The van der Waals surface area contributed by atoms with Crippen molar-refractivity contribution >= 4 is 0 Å². The number of hydrogen-bond donors (Lipinski definition) is 0. The van der Waals surface area contributed by atoms with Crippen LogP contribution in [0.2, 0.25) is 0 Å². The lowest BCUT2D eigenvalue weighted by atomic mass is 10.3. The fourth-order valence-corrected chi connectivity index (χ4v) is 1.24. The van der Waals surface area contributed by atoms with Crippen molar-refractivity contribution in [1.29, 1.82) is 0 Å². The van der Waals surface area contributed by atoms with Gasteiger partial charge in [0.15, 0.2) is 6.10 Å². The van der Waals surface area contributed by atoms with Crippen LogP contribution >= 0.6 is 0 Å². The summed E-state index contributed by atoms with van der Waals surface area (Å²) in [6, 6.07) is 1.65. The highest BCUT2D eigenvalue weighted by atomic mass is 19.4. The molecule has 2 heterocycles. The third kappa shape index (κ3) is 1.53. The Morgan fingerprint density at radius 2 is 2.31 bits per heavy atom. The fraction of sp³-hybridized carbons (Fsp3) is 0.571. The average molecular weight is 192 g/mol. The monoisotopic (exact) mass is 192 g/mol. The van der Waals surface area contributed by atoms with Crippen molar-refractivity contribution in [3.63, 3.8) is 0 Å². The van der Waals surface area contributed by atoms with Gasteiger partial charge in [-0.15, -0.1) is 0 Å². The quantitative estimate of drug-likeness (QED) is 0.620. The highest BCUT2D eigenvalue weighted by molar-refractivity contribution is 5.01. The van der Waals surface area contributed by atoms with Gasteiger partial charge in [0.05, 0.1) is 18.8 Å². The second-order valence-electron chi connectivity index (χ2n) is 2.85. The highest BCUT2D eigenvalue weighted by Crippen LogP contribution is 2.27. The second kappa shape index (κ2) is 2.73. The van der Waals surface area contributed by atoms with Crippen LogP contribution in [0.4, 0.5) is 13.2 Å². The van der Waals surface area contributed by atoms with Crippen LogP contribution in [0, 0.1) is 0 Å². The minimum Gasteiger partial charge on any atom is -0.361 e. The van der Waals surface area contributed by atoms with E-state index >= 15 is 0 Å². The molecule has 1 aromatic heterocycles. The van der Waals surface area contributed by atoms with E-state index in [2.05, 4.69) is 9.84 Å². The number of rotatable bonds is 0. The summed E-state index contributed by atoms with van der Waals surface area (Å²) < 4.78 is 42.5. The molecule has 13 heavy (non-hydrogen) atoms. The number of aromatic nitrogens is 2. The van der Waals surface area contributed by atoms with Crippen molar-refractivity contribution in [3.05, 3.63) is 18.0 Å². The van der Waals surface area contributed by atoms with E-state index in [1.165, 1.54) is 10.9 Å². The first-order valence-electron chi connectivity index (χ1n) is 3.76. The van der Waals surface area contributed by atoms with E-state index in [0.29, 0.717) is 5.69 Å². The van der Waals surface area contributed by atoms with E-state index in [9.17, 15) is 13.2 Å². The highest BCUT2D eigenvalue weighted by Gasteiger charge is 2.43. The Kier molecular flexibility index (Phi) is 1.80. The van der Waals surface area contributed by atoms with Crippen molar-refractivity contribution in [3.8, 4) is 0 Å². The Balaban J connectivity index is 2.18. The van der Waals surface area contributed by atoms with Crippen LogP contribution in [0.5, 0.6) is 0 Å². The summed E-state index contributed by atoms with van der Waals surface area (Å²) in [5, 5.41) is 3.76. The van der Waals surface area contributed by atoms with Gasteiger partial charge in [-0.05, 0) is 6.07 Å². The number of ether oxygens (including phenoxy) is 1. The van der Waals surface area contributed by atoms with Crippen LogP contribution in [0.3, 0.4) is 0 Å².